The lowest BCUT2D eigenvalue weighted by Gasteiger charge is -2.28. The fraction of sp³-hybridized carbons (Fsp3) is 0.625. The molecular formula is C24H40BN3O6. The fourth-order valence-electron chi connectivity index (χ4n) is 3.33. The lowest BCUT2D eigenvalue weighted by molar-refractivity contribution is -0.130. The Bertz CT molecular complexity index is 788. The zero-order valence-corrected chi connectivity index (χ0v) is 21.3. The number of carbonyl (C=O) groups is 3. The largest absolute Gasteiger partial charge is 0.475 e. The first kappa shape index (κ1) is 29.4. The van der Waals surface area contributed by atoms with Crippen molar-refractivity contribution in [1.29, 1.82) is 0 Å². The quantitative estimate of drug-likeness (QED) is 0.309. The molecule has 0 aliphatic rings. The summed E-state index contributed by atoms with van der Waals surface area (Å²) in [5.41, 5.74) is 0.0846. The van der Waals surface area contributed by atoms with Crippen molar-refractivity contribution in [3.8, 4) is 0 Å². The molecule has 1 aromatic rings. The maximum Gasteiger partial charge on any atom is 0.475 e. The lowest BCUT2D eigenvalue weighted by atomic mass is 9.73. The molecular weight excluding hydrogens is 437 g/mol. The van der Waals surface area contributed by atoms with Crippen molar-refractivity contribution in [2.24, 2.45) is 11.8 Å². The van der Waals surface area contributed by atoms with Gasteiger partial charge in [-0.25, -0.2) is 4.79 Å². The minimum atomic E-state index is -1.74. The summed E-state index contributed by atoms with van der Waals surface area (Å²) in [6, 6.07) is 7.29. The van der Waals surface area contributed by atoms with Crippen LogP contribution in [0.4, 0.5) is 4.79 Å². The molecule has 1 rings (SSSR count). The van der Waals surface area contributed by atoms with E-state index in [1.807, 2.05) is 44.2 Å². The second kappa shape index (κ2) is 13.3. The van der Waals surface area contributed by atoms with Gasteiger partial charge in [0.05, 0.1) is 5.94 Å². The maximum absolute atomic E-state index is 13.2. The molecule has 190 valence electrons. The van der Waals surface area contributed by atoms with Gasteiger partial charge in [0.1, 0.15) is 17.7 Å². The third kappa shape index (κ3) is 11.0. The summed E-state index contributed by atoms with van der Waals surface area (Å²) in [5.74, 6) is -2.12. The number of amides is 3. The molecule has 0 heterocycles. The molecule has 34 heavy (non-hydrogen) atoms. The number of nitrogens with one attached hydrogen (secondary N) is 3. The third-order valence-electron chi connectivity index (χ3n) is 4.98. The highest BCUT2D eigenvalue weighted by molar-refractivity contribution is 6.43. The smallest absolute Gasteiger partial charge is 0.444 e. The van der Waals surface area contributed by atoms with Gasteiger partial charge in [0.2, 0.25) is 11.8 Å². The van der Waals surface area contributed by atoms with Crippen LogP contribution in [0.3, 0.4) is 0 Å². The summed E-state index contributed by atoms with van der Waals surface area (Å²) in [6.45, 7) is 12.5. The van der Waals surface area contributed by atoms with E-state index >= 15 is 0 Å². The van der Waals surface area contributed by atoms with Gasteiger partial charge in [-0.2, -0.15) is 0 Å². The van der Waals surface area contributed by atoms with E-state index in [1.54, 1.807) is 34.6 Å². The van der Waals surface area contributed by atoms with Crippen LogP contribution in [0.25, 0.3) is 0 Å². The van der Waals surface area contributed by atoms with E-state index < -0.39 is 48.7 Å². The van der Waals surface area contributed by atoms with Gasteiger partial charge in [0.15, 0.2) is 0 Å². The fourth-order valence-corrected chi connectivity index (χ4v) is 3.33. The summed E-state index contributed by atoms with van der Waals surface area (Å²) < 4.78 is 5.31. The van der Waals surface area contributed by atoms with Crippen LogP contribution in [0.1, 0.15) is 60.5 Å². The van der Waals surface area contributed by atoms with Crippen molar-refractivity contribution in [2.45, 2.75) is 84.9 Å². The van der Waals surface area contributed by atoms with Crippen molar-refractivity contribution in [2.75, 3.05) is 0 Å². The molecule has 3 atom stereocenters. The van der Waals surface area contributed by atoms with Crippen LogP contribution in [0.5, 0.6) is 0 Å². The van der Waals surface area contributed by atoms with Crippen molar-refractivity contribution in [3.05, 3.63) is 35.9 Å². The molecule has 0 aliphatic heterocycles. The average Bonchev–Trinajstić information content (AvgIpc) is 2.69. The van der Waals surface area contributed by atoms with Gasteiger partial charge in [0.25, 0.3) is 0 Å². The Labute approximate surface area is 203 Å². The van der Waals surface area contributed by atoms with Crippen LogP contribution in [0.15, 0.2) is 30.3 Å². The second-order valence-corrected chi connectivity index (χ2v) is 10.3. The molecule has 0 saturated carbocycles. The van der Waals surface area contributed by atoms with Crippen LogP contribution < -0.4 is 16.0 Å². The van der Waals surface area contributed by atoms with Crippen LogP contribution in [-0.4, -0.2) is 58.7 Å². The molecule has 5 N–H and O–H groups in total. The van der Waals surface area contributed by atoms with Crippen LogP contribution in [0.2, 0.25) is 0 Å². The molecule has 0 spiro atoms. The van der Waals surface area contributed by atoms with Crippen LogP contribution >= 0.6 is 0 Å². The number of alkyl carbamates (subject to hydrolysis) is 1. The first-order valence-electron chi connectivity index (χ1n) is 11.7. The van der Waals surface area contributed by atoms with Crippen molar-refractivity contribution >= 4 is 25.0 Å². The molecule has 0 saturated heterocycles. The summed E-state index contributed by atoms with van der Waals surface area (Å²) in [7, 11) is -1.74. The number of benzene rings is 1. The number of hydrogen-bond donors (Lipinski definition) is 5. The molecule has 1 unspecified atom stereocenters. The van der Waals surface area contributed by atoms with Gasteiger partial charge in [-0.3, -0.25) is 9.59 Å². The minimum Gasteiger partial charge on any atom is -0.444 e. The molecule has 0 fully saturated rings. The highest BCUT2D eigenvalue weighted by Crippen LogP contribution is 2.11. The summed E-state index contributed by atoms with van der Waals surface area (Å²) in [6.07, 6.45) is -0.211. The van der Waals surface area contributed by atoms with E-state index in [9.17, 15) is 24.4 Å². The highest BCUT2D eigenvalue weighted by Gasteiger charge is 2.33. The third-order valence-corrected chi connectivity index (χ3v) is 4.98. The molecule has 0 aliphatic carbocycles. The number of rotatable bonds is 11. The monoisotopic (exact) mass is 477 g/mol. The predicted molar refractivity (Wildman–Crippen MR) is 132 cm³/mol. The van der Waals surface area contributed by atoms with E-state index in [0.29, 0.717) is 6.42 Å². The predicted octanol–water partition coefficient (Wildman–Crippen LogP) is 1.81. The normalized spacial score (nSPS) is 14.2. The standard InChI is InChI=1S/C24H40BN3O6/c1-15(2)13-18(22(30)28-20(16(3)4)25(32)33)26-21(29)19(14-17-11-9-8-10-12-17)27-23(31)34-24(5,6)7/h8-12,15-16,18-20,32-33H,13-14H2,1-7H3,(H,26,29)(H,27,31)(H,28,30)/t18-,19?,20-/m0/s1. The number of carbonyl (C=O) groups excluding carboxylic acids is 3. The van der Waals surface area contributed by atoms with Gasteiger partial charge >= 0.3 is 13.2 Å². The Morgan fingerprint density at radius 3 is 1.94 bits per heavy atom. The van der Waals surface area contributed by atoms with Gasteiger partial charge in [0, 0.05) is 6.42 Å². The van der Waals surface area contributed by atoms with Gasteiger partial charge in [-0.15, -0.1) is 0 Å². The zero-order valence-electron chi connectivity index (χ0n) is 21.3. The number of hydrogen-bond acceptors (Lipinski definition) is 6. The topological polar surface area (TPSA) is 137 Å². The molecule has 1 aromatic carbocycles. The molecule has 0 radical (unpaired) electrons. The van der Waals surface area contributed by atoms with Crippen molar-refractivity contribution < 1.29 is 29.2 Å². The second-order valence-electron chi connectivity index (χ2n) is 10.3. The Kier molecular flexibility index (Phi) is 11.6. The van der Waals surface area contributed by atoms with Crippen molar-refractivity contribution in [1.82, 2.24) is 16.0 Å². The minimum absolute atomic E-state index is 0.0685. The molecule has 0 bridgehead atoms. The SMILES string of the molecule is CC(C)C[C@H](NC(=O)C(Cc1ccccc1)NC(=O)OC(C)(C)C)C(=O)N[C@H](B(O)O)C(C)C. The Balaban J connectivity index is 3.08. The molecule has 10 heteroatoms. The first-order valence-corrected chi connectivity index (χ1v) is 11.7. The van der Waals surface area contributed by atoms with Gasteiger partial charge < -0.3 is 30.7 Å². The van der Waals surface area contributed by atoms with Gasteiger partial charge in [-0.1, -0.05) is 58.0 Å². The van der Waals surface area contributed by atoms with E-state index in [4.69, 9.17) is 4.74 Å². The maximum atomic E-state index is 13.2. The van der Waals surface area contributed by atoms with E-state index in [1.165, 1.54) is 0 Å². The lowest BCUT2D eigenvalue weighted by Crippen LogP contribution is -2.58. The molecule has 0 aromatic heterocycles. The summed E-state index contributed by atoms with van der Waals surface area (Å²) >= 11 is 0. The van der Waals surface area contributed by atoms with E-state index in [-0.39, 0.29) is 18.3 Å². The Morgan fingerprint density at radius 2 is 1.47 bits per heavy atom. The molecule has 9 nitrogen and oxygen atoms in total. The first-order chi connectivity index (χ1) is 15.7. The van der Waals surface area contributed by atoms with E-state index in [2.05, 4.69) is 16.0 Å². The van der Waals surface area contributed by atoms with Crippen molar-refractivity contribution in [3.63, 3.8) is 0 Å². The zero-order chi connectivity index (χ0) is 26.1. The molecule has 3 amide bonds. The highest BCUT2D eigenvalue weighted by atomic mass is 16.6. The van der Waals surface area contributed by atoms with E-state index in [0.717, 1.165) is 5.56 Å². The van der Waals surface area contributed by atoms with Crippen LogP contribution in [0, 0.1) is 11.8 Å². The summed E-state index contributed by atoms with van der Waals surface area (Å²) in [5, 5.41) is 27.2. The average molecular weight is 477 g/mol. The summed E-state index contributed by atoms with van der Waals surface area (Å²) in [4.78, 5) is 38.6. The Morgan fingerprint density at radius 1 is 0.912 bits per heavy atom. The Hall–Kier alpha value is -2.59. The van der Waals surface area contributed by atoms with Gasteiger partial charge in [-0.05, 0) is 44.6 Å². The number of ether oxygens (including phenoxy) is 1. The van der Waals surface area contributed by atoms with Crippen LogP contribution in [-0.2, 0) is 20.7 Å².